The molecule has 0 aliphatic rings. The predicted octanol–water partition coefficient (Wildman–Crippen LogP) is 7.97. The van der Waals surface area contributed by atoms with Gasteiger partial charge in [0.15, 0.2) is 5.78 Å². The van der Waals surface area contributed by atoms with E-state index in [1.807, 2.05) is 47.9 Å². The van der Waals surface area contributed by atoms with Crippen LogP contribution in [0.1, 0.15) is 73.5 Å². The molecular formula is C35H36Cl2FN3O3. The van der Waals surface area contributed by atoms with E-state index in [4.69, 9.17) is 34.7 Å². The van der Waals surface area contributed by atoms with Gasteiger partial charge in [-0.15, -0.1) is 0 Å². The molecule has 0 radical (unpaired) electrons. The van der Waals surface area contributed by atoms with Crippen LogP contribution in [0, 0.1) is 5.82 Å². The van der Waals surface area contributed by atoms with Crippen LogP contribution in [0.25, 0.3) is 16.9 Å². The number of hydrogen-bond donors (Lipinski definition) is 2. The third-order valence-corrected chi connectivity index (χ3v) is 8.61. The highest BCUT2D eigenvalue weighted by Crippen LogP contribution is 2.38. The second kappa shape index (κ2) is 14.7. The number of primary amides is 2. The van der Waals surface area contributed by atoms with E-state index in [1.54, 1.807) is 30.3 Å². The van der Waals surface area contributed by atoms with Gasteiger partial charge in [-0.25, -0.2) is 4.39 Å². The van der Waals surface area contributed by atoms with Crippen molar-refractivity contribution in [3.63, 3.8) is 0 Å². The number of ketones is 1. The number of halogens is 3. The Hall–Kier alpha value is -3.94. The fourth-order valence-corrected chi connectivity index (χ4v) is 6.26. The van der Waals surface area contributed by atoms with E-state index < -0.39 is 23.0 Å². The van der Waals surface area contributed by atoms with Crippen molar-refractivity contribution in [2.75, 3.05) is 0 Å². The number of nitrogens with two attached hydrogens (primary N) is 2. The van der Waals surface area contributed by atoms with Crippen LogP contribution in [0.5, 0.6) is 0 Å². The van der Waals surface area contributed by atoms with E-state index in [1.165, 1.54) is 12.1 Å². The Kier molecular flexibility index (Phi) is 11.0. The van der Waals surface area contributed by atoms with Crippen LogP contribution in [0.3, 0.4) is 0 Å². The summed E-state index contributed by atoms with van der Waals surface area (Å²) in [5, 5.41) is 1.09. The van der Waals surface area contributed by atoms with Crippen molar-refractivity contribution in [2.24, 2.45) is 11.5 Å². The van der Waals surface area contributed by atoms with Crippen molar-refractivity contribution in [1.29, 1.82) is 0 Å². The number of carbonyl (C=O) groups is 3. The third kappa shape index (κ3) is 7.40. The zero-order chi connectivity index (χ0) is 31.9. The van der Waals surface area contributed by atoms with Crippen molar-refractivity contribution in [1.82, 2.24) is 4.57 Å². The highest BCUT2D eigenvalue weighted by atomic mass is 35.5. The van der Waals surface area contributed by atoms with Crippen LogP contribution in [0.15, 0.2) is 78.9 Å². The summed E-state index contributed by atoms with van der Waals surface area (Å²) in [6.45, 7) is 1.96. The van der Waals surface area contributed by atoms with Gasteiger partial charge >= 0.3 is 0 Å². The van der Waals surface area contributed by atoms with E-state index in [0.717, 1.165) is 22.6 Å². The lowest BCUT2D eigenvalue weighted by Crippen LogP contribution is -2.41. The molecule has 9 heteroatoms. The summed E-state index contributed by atoms with van der Waals surface area (Å²) in [4.78, 5) is 38.5. The van der Waals surface area contributed by atoms with Gasteiger partial charge in [0.05, 0.1) is 11.1 Å². The van der Waals surface area contributed by atoms with Crippen LogP contribution in [0.4, 0.5) is 4.39 Å². The zero-order valence-corrected chi connectivity index (χ0v) is 26.1. The molecule has 0 spiro atoms. The monoisotopic (exact) mass is 635 g/mol. The third-order valence-electron chi connectivity index (χ3n) is 8.03. The van der Waals surface area contributed by atoms with Crippen molar-refractivity contribution in [3.05, 3.63) is 112 Å². The number of benzene rings is 3. The summed E-state index contributed by atoms with van der Waals surface area (Å²) in [6.07, 6.45) is 3.04. The number of carbonyl (C=O) groups excluding carboxylic acids is 3. The molecule has 1 heterocycles. The molecule has 230 valence electrons. The van der Waals surface area contributed by atoms with Crippen LogP contribution < -0.4 is 11.5 Å². The van der Waals surface area contributed by atoms with Crippen molar-refractivity contribution < 1.29 is 18.8 Å². The Morgan fingerprint density at radius 2 is 1.55 bits per heavy atom. The molecule has 4 aromatic rings. The summed E-state index contributed by atoms with van der Waals surface area (Å²) in [6, 6.07) is 22.3. The molecule has 0 aliphatic carbocycles. The van der Waals surface area contributed by atoms with Crippen LogP contribution >= 0.6 is 23.2 Å². The first kappa shape index (κ1) is 33.0. The molecule has 1 unspecified atom stereocenters. The van der Waals surface area contributed by atoms with Crippen molar-refractivity contribution in [2.45, 2.75) is 63.7 Å². The molecule has 4 N–H and O–H groups in total. The second-order valence-corrected chi connectivity index (χ2v) is 11.8. The van der Waals surface area contributed by atoms with Gasteiger partial charge in [-0.05, 0) is 86.2 Å². The molecule has 6 nitrogen and oxygen atoms in total. The fraction of sp³-hybridized carbons (Fsp3) is 0.286. The molecular weight excluding hydrogens is 600 g/mol. The van der Waals surface area contributed by atoms with Gasteiger partial charge in [-0.1, -0.05) is 66.9 Å². The zero-order valence-electron chi connectivity index (χ0n) is 24.6. The van der Waals surface area contributed by atoms with E-state index in [9.17, 15) is 18.8 Å². The summed E-state index contributed by atoms with van der Waals surface area (Å²) in [5.41, 5.74) is 14.5. The number of nitrogens with zero attached hydrogens (tertiary/aromatic N) is 1. The predicted molar refractivity (Wildman–Crippen MR) is 174 cm³/mol. The largest absolute Gasteiger partial charge is 0.370 e. The lowest BCUT2D eigenvalue weighted by atomic mass is 9.72. The summed E-state index contributed by atoms with van der Waals surface area (Å²) >= 11 is 12.8. The van der Waals surface area contributed by atoms with Crippen LogP contribution in [-0.4, -0.2) is 22.2 Å². The minimum absolute atomic E-state index is 0.117. The van der Waals surface area contributed by atoms with Gasteiger partial charge in [0.1, 0.15) is 5.82 Å². The van der Waals surface area contributed by atoms with E-state index in [0.29, 0.717) is 59.7 Å². The first-order chi connectivity index (χ1) is 21.1. The summed E-state index contributed by atoms with van der Waals surface area (Å²) in [7, 11) is 0. The molecule has 3 aromatic carbocycles. The number of rotatable bonds is 15. The fourth-order valence-electron chi connectivity index (χ4n) is 5.90. The maximum atomic E-state index is 14.0. The maximum absolute atomic E-state index is 14.0. The minimum Gasteiger partial charge on any atom is -0.370 e. The van der Waals surface area contributed by atoms with Gasteiger partial charge in [0, 0.05) is 45.4 Å². The first-order valence-corrected chi connectivity index (χ1v) is 15.5. The smallest absolute Gasteiger partial charge is 0.228 e. The van der Waals surface area contributed by atoms with Gasteiger partial charge in [0.2, 0.25) is 11.8 Å². The Bertz CT molecular complexity index is 1630. The Labute approximate surface area is 267 Å². The molecule has 0 aliphatic heterocycles. The summed E-state index contributed by atoms with van der Waals surface area (Å²) in [5.74, 6) is -1.44. The SMILES string of the molecule is CCCC(CCCC(=O)c1cc(-c2ccccc2Cl)n(-c2ccc(Cl)cc2)c1CCCC(N)=O)(C(N)=O)c1ccc(F)cc1. The van der Waals surface area contributed by atoms with Gasteiger partial charge < -0.3 is 16.0 Å². The second-order valence-electron chi connectivity index (χ2n) is 11.0. The standard InChI is InChI=1S/C35H36Cl2FN3O3/c1-2-20-35(34(40)44,23-12-16-25(38)17-13-23)21-6-10-32(42)28-22-31(27-7-3-4-8-29(27)37)41(26-18-14-24(36)15-19-26)30(28)9-5-11-33(39)43/h3-4,7-8,12-19,22H,2,5-6,9-11,20-21H2,1H3,(H2,39,43)(H2,40,44). The molecule has 0 saturated heterocycles. The Morgan fingerprint density at radius 1 is 0.864 bits per heavy atom. The van der Waals surface area contributed by atoms with Crippen molar-refractivity contribution in [3.8, 4) is 16.9 Å². The molecule has 0 saturated carbocycles. The van der Waals surface area contributed by atoms with E-state index >= 15 is 0 Å². The van der Waals surface area contributed by atoms with E-state index in [-0.39, 0.29) is 18.6 Å². The first-order valence-electron chi connectivity index (χ1n) is 14.7. The number of aromatic nitrogens is 1. The normalized spacial score (nSPS) is 12.5. The van der Waals surface area contributed by atoms with Gasteiger partial charge in [-0.3, -0.25) is 14.4 Å². The molecule has 4 rings (SSSR count). The Balaban J connectivity index is 1.74. The minimum atomic E-state index is -1.02. The highest BCUT2D eigenvalue weighted by molar-refractivity contribution is 6.33. The Morgan fingerprint density at radius 3 is 2.16 bits per heavy atom. The molecule has 0 fully saturated rings. The molecule has 44 heavy (non-hydrogen) atoms. The number of Topliss-reactive ketones (excluding diaryl/α,β-unsaturated/α-hetero) is 1. The molecule has 2 amide bonds. The topological polar surface area (TPSA) is 108 Å². The molecule has 1 atom stereocenters. The van der Waals surface area contributed by atoms with Crippen LogP contribution in [-0.2, 0) is 21.4 Å². The average molecular weight is 637 g/mol. The maximum Gasteiger partial charge on any atom is 0.228 e. The number of hydrogen-bond acceptors (Lipinski definition) is 3. The van der Waals surface area contributed by atoms with E-state index in [2.05, 4.69) is 0 Å². The lowest BCUT2D eigenvalue weighted by Gasteiger charge is -2.31. The van der Waals surface area contributed by atoms with Gasteiger partial charge in [-0.2, -0.15) is 0 Å². The van der Waals surface area contributed by atoms with Gasteiger partial charge in [0.25, 0.3) is 0 Å². The lowest BCUT2D eigenvalue weighted by molar-refractivity contribution is -0.124. The number of amides is 2. The summed E-state index contributed by atoms with van der Waals surface area (Å²) < 4.78 is 15.7. The molecule has 1 aromatic heterocycles. The quantitative estimate of drug-likeness (QED) is 0.129. The highest BCUT2D eigenvalue weighted by Gasteiger charge is 2.37. The van der Waals surface area contributed by atoms with Crippen molar-refractivity contribution >= 4 is 40.8 Å². The van der Waals surface area contributed by atoms with Crippen LogP contribution in [0.2, 0.25) is 10.0 Å². The average Bonchev–Trinajstić information content (AvgIpc) is 3.36. The molecule has 0 bridgehead atoms.